The molecule has 1 unspecified atom stereocenters. The summed E-state index contributed by atoms with van der Waals surface area (Å²) >= 11 is 0. The van der Waals surface area contributed by atoms with Crippen molar-refractivity contribution >= 4 is 11.7 Å². The summed E-state index contributed by atoms with van der Waals surface area (Å²) in [5.41, 5.74) is 1.71. The molecule has 0 spiro atoms. The molecular weight excluding hydrogens is 296 g/mol. The maximum Gasteiger partial charge on any atom is 0.268 e. The highest BCUT2D eigenvalue weighted by atomic mass is 16.5. The van der Waals surface area contributed by atoms with Gasteiger partial charge in [0, 0.05) is 11.8 Å². The van der Waals surface area contributed by atoms with E-state index in [2.05, 4.69) is 10.3 Å². The predicted molar refractivity (Wildman–Crippen MR) is 86.2 cm³/mol. The van der Waals surface area contributed by atoms with E-state index in [9.17, 15) is 9.59 Å². The number of ketones is 1. The number of H-pyrrole nitrogens is 1. The van der Waals surface area contributed by atoms with Crippen LogP contribution < -0.4 is 14.8 Å². The third-order valence-electron chi connectivity index (χ3n) is 3.59. The first-order chi connectivity index (χ1) is 11.0. The van der Waals surface area contributed by atoms with Crippen LogP contribution in [0.4, 0.5) is 0 Å². The molecule has 0 saturated carbocycles. The number of Topliss-reactive ketones (excluding diaryl/α,β-unsaturated/α-hetero) is 1. The summed E-state index contributed by atoms with van der Waals surface area (Å²) in [7, 11) is 3.13. The lowest BCUT2D eigenvalue weighted by Crippen LogP contribution is -2.26. The topological polar surface area (TPSA) is 80.4 Å². The van der Waals surface area contributed by atoms with Crippen LogP contribution in [0.1, 0.15) is 46.3 Å². The van der Waals surface area contributed by atoms with E-state index in [1.54, 1.807) is 26.4 Å². The quantitative estimate of drug-likeness (QED) is 0.803. The number of carbonyl (C=O) groups is 2. The molecule has 23 heavy (non-hydrogen) atoms. The zero-order valence-electron chi connectivity index (χ0n) is 13.6. The van der Waals surface area contributed by atoms with Crippen LogP contribution in [0.15, 0.2) is 30.5 Å². The van der Waals surface area contributed by atoms with Gasteiger partial charge in [-0.1, -0.05) is 6.07 Å². The Bertz CT molecular complexity index is 721. The molecule has 1 heterocycles. The zero-order valence-corrected chi connectivity index (χ0v) is 13.6. The van der Waals surface area contributed by atoms with Crippen LogP contribution in [-0.4, -0.2) is 30.9 Å². The number of amides is 1. The second-order valence-corrected chi connectivity index (χ2v) is 5.17. The van der Waals surface area contributed by atoms with Gasteiger partial charge in [0.05, 0.1) is 20.3 Å². The average molecular weight is 316 g/mol. The molecule has 1 atom stereocenters. The lowest BCUT2D eigenvalue weighted by atomic mass is 10.1. The Morgan fingerprint density at radius 3 is 2.39 bits per heavy atom. The number of methoxy groups -OCH3 is 2. The Labute approximate surface area is 134 Å². The maximum absolute atomic E-state index is 12.2. The van der Waals surface area contributed by atoms with Gasteiger partial charge in [-0.2, -0.15) is 0 Å². The summed E-state index contributed by atoms with van der Waals surface area (Å²) < 4.78 is 10.5. The molecule has 0 aliphatic carbocycles. The van der Waals surface area contributed by atoms with E-state index in [0.29, 0.717) is 22.8 Å². The molecule has 0 saturated heterocycles. The highest BCUT2D eigenvalue weighted by Gasteiger charge is 2.15. The molecular formula is C17H20N2O4. The number of aromatic nitrogens is 1. The SMILES string of the molecule is COc1ccc(C(C)NC(=O)c2cc(C(C)=O)c[nH]2)cc1OC. The lowest BCUT2D eigenvalue weighted by Gasteiger charge is -2.16. The summed E-state index contributed by atoms with van der Waals surface area (Å²) in [6.07, 6.45) is 1.53. The minimum absolute atomic E-state index is 0.0896. The van der Waals surface area contributed by atoms with Crippen molar-refractivity contribution in [2.24, 2.45) is 0 Å². The number of aromatic amines is 1. The number of carbonyl (C=O) groups excluding carboxylic acids is 2. The molecule has 2 aromatic rings. The number of hydrogen-bond acceptors (Lipinski definition) is 4. The van der Waals surface area contributed by atoms with Crippen molar-refractivity contribution in [3.05, 3.63) is 47.3 Å². The Morgan fingerprint density at radius 2 is 1.83 bits per heavy atom. The summed E-state index contributed by atoms with van der Waals surface area (Å²) in [5, 5.41) is 2.88. The molecule has 2 rings (SSSR count). The van der Waals surface area contributed by atoms with Crippen LogP contribution in [0.2, 0.25) is 0 Å². The molecule has 1 aromatic heterocycles. The minimum Gasteiger partial charge on any atom is -0.493 e. The van der Waals surface area contributed by atoms with Gasteiger partial charge in [0.2, 0.25) is 0 Å². The van der Waals surface area contributed by atoms with Crippen LogP contribution in [0, 0.1) is 0 Å². The smallest absolute Gasteiger partial charge is 0.268 e. The van der Waals surface area contributed by atoms with Crippen LogP contribution in [-0.2, 0) is 0 Å². The monoisotopic (exact) mass is 316 g/mol. The highest BCUT2D eigenvalue weighted by molar-refractivity contribution is 5.99. The maximum atomic E-state index is 12.2. The summed E-state index contributed by atoms with van der Waals surface area (Å²) in [4.78, 5) is 26.3. The summed E-state index contributed by atoms with van der Waals surface area (Å²) in [6.45, 7) is 3.32. The van der Waals surface area contributed by atoms with Gasteiger partial charge in [0.25, 0.3) is 5.91 Å². The van der Waals surface area contributed by atoms with Gasteiger partial charge in [-0.05, 0) is 37.6 Å². The summed E-state index contributed by atoms with van der Waals surface area (Å²) in [6, 6.07) is 6.78. The van der Waals surface area contributed by atoms with Gasteiger partial charge in [-0.25, -0.2) is 0 Å². The molecule has 6 heteroatoms. The number of nitrogens with one attached hydrogen (secondary N) is 2. The fraction of sp³-hybridized carbons (Fsp3) is 0.294. The van der Waals surface area contributed by atoms with E-state index >= 15 is 0 Å². The molecule has 0 radical (unpaired) electrons. The first kappa shape index (κ1) is 16.6. The van der Waals surface area contributed by atoms with Gasteiger partial charge in [0.1, 0.15) is 5.69 Å². The Hall–Kier alpha value is -2.76. The standard InChI is InChI=1S/C17H20N2O4/c1-10(12-5-6-15(22-3)16(8-12)23-4)19-17(21)14-7-13(9-18-14)11(2)20/h5-10,18H,1-4H3,(H,19,21). The van der Waals surface area contributed by atoms with E-state index < -0.39 is 0 Å². The van der Waals surface area contributed by atoms with Crippen LogP contribution in [0.3, 0.4) is 0 Å². The zero-order chi connectivity index (χ0) is 17.0. The average Bonchev–Trinajstić information content (AvgIpc) is 3.04. The molecule has 1 aromatic carbocycles. The van der Waals surface area contributed by atoms with Crippen molar-refractivity contribution < 1.29 is 19.1 Å². The Balaban J connectivity index is 2.12. The number of ether oxygens (including phenoxy) is 2. The molecule has 1 amide bonds. The van der Waals surface area contributed by atoms with Gasteiger partial charge >= 0.3 is 0 Å². The molecule has 0 bridgehead atoms. The van der Waals surface area contributed by atoms with E-state index in [-0.39, 0.29) is 17.7 Å². The van der Waals surface area contributed by atoms with E-state index in [1.807, 2.05) is 19.1 Å². The number of benzene rings is 1. The third-order valence-corrected chi connectivity index (χ3v) is 3.59. The van der Waals surface area contributed by atoms with Crippen molar-refractivity contribution in [3.63, 3.8) is 0 Å². The fourth-order valence-electron chi connectivity index (χ4n) is 2.21. The van der Waals surface area contributed by atoms with Crippen molar-refractivity contribution in [2.75, 3.05) is 14.2 Å². The van der Waals surface area contributed by atoms with Gasteiger partial charge < -0.3 is 19.8 Å². The van der Waals surface area contributed by atoms with E-state index in [1.165, 1.54) is 13.1 Å². The van der Waals surface area contributed by atoms with Gasteiger partial charge in [-0.15, -0.1) is 0 Å². The molecule has 0 aliphatic rings. The molecule has 6 nitrogen and oxygen atoms in total. The number of rotatable bonds is 6. The molecule has 122 valence electrons. The molecule has 0 fully saturated rings. The van der Waals surface area contributed by atoms with Crippen molar-refractivity contribution in [1.82, 2.24) is 10.3 Å². The Kier molecular flexibility index (Phi) is 5.05. The highest BCUT2D eigenvalue weighted by Crippen LogP contribution is 2.29. The van der Waals surface area contributed by atoms with Crippen LogP contribution in [0.25, 0.3) is 0 Å². The third kappa shape index (κ3) is 3.71. The Morgan fingerprint density at radius 1 is 1.13 bits per heavy atom. The van der Waals surface area contributed by atoms with Gasteiger partial charge in [0.15, 0.2) is 17.3 Å². The summed E-state index contributed by atoms with van der Waals surface area (Å²) in [5.74, 6) is 0.864. The van der Waals surface area contributed by atoms with Crippen molar-refractivity contribution in [2.45, 2.75) is 19.9 Å². The second kappa shape index (κ2) is 7.00. The normalized spacial score (nSPS) is 11.7. The first-order valence-electron chi connectivity index (χ1n) is 7.18. The van der Waals surface area contributed by atoms with Gasteiger partial charge in [-0.3, -0.25) is 9.59 Å². The fourth-order valence-corrected chi connectivity index (χ4v) is 2.21. The van der Waals surface area contributed by atoms with Crippen molar-refractivity contribution in [1.29, 1.82) is 0 Å². The number of hydrogen-bond donors (Lipinski definition) is 2. The minimum atomic E-state index is -0.278. The lowest BCUT2D eigenvalue weighted by molar-refractivity contribution is 0.0935. The molecule has 0 aliphatic heterocycles. The van der Waals surface area contributed by atoms with E-state index in [4.69, 9.17) is 9.47 Å². The largest absolute Gasteiger partial charge is 0.493 e. The van der Waals surface area contributed by atoms with Crippen LogP contribution >= 0.6 is 0 Å². The first-order valence-corrected chi connectivity index (χ1v) is 7.18. The van der Waals surface area contributed by atoms with Crippen LogP contribution in [0.5, 0.6) is 11.5 Å². The van der Waals surface area contributed by atoms with Crippen molar-refractivity contribution in [3.8, 4) is 11.5 Å². The predicted octanol–water partition coefficient (Wildman–Crippen LogP) is 2.73. The second-order valence-electron chi connectivity index (χ2n) is 5.17. The van der Waals surface area contributed by atoms with E-state index in [0.717, 1.165) is 5.56 Å². The molecule has 2 N–H and O–H groups in total.